The minimum absolute atomic E-state index is 0.0361. The first-order valence-corrected chi connectivity index (χ1v) is 8.01. The van der Waals surface area contributed by atoms with Crippen molar-refractivity contribution in [2.75, 3.05) is 13.2 Å². The highest BCUT2D eigenvalue weighted by Gasteiger charge is 2.18. The lowest BCUT2D eigenvalue weighted by molar-refractivity contribution is -0.121. The van der Waals surface area contributed by atoms with Gasteiger partial charge in [-0.1, -0.05) is 40.0 Å². The minimum Gasteiger partial charge on any atom is -0.376 e. The molecule has 0 saturated heterocycles. The molecule has 4 heteroatoms. The fourth-order valence-corrected chi connectivity index (χ4v) is 2.82. The average molecular weight is 284 g/mol. The zero-order valence-corrected chi connectivity index (χ0v) is 13.4. The summed E-state index contributed by atoms with van der Waals surface area (Å²) in [5.74, 6) is 0.0361. The molecule has 20 heavy (non-hydrogen) atoms. The number of rotatable bonds is 7. The number of amides is 1. The van der Waals surface area contributed by atoms with E-state index in [9.17, 15) is 4.79 Å². The number of carbonyl (C=O) groups is 1. The summed E-state index contributed by atoms with van der Waals surface area (Å²) in [7, 11) is 0. The molecule has 1 saturated carbocycles. The maximum atomic E-state index is 11.7. The lowest BCUT2D eigenvalue weighted by Crippen LogP contribution is -2.35. The van der Waals surface area contributed by atoms with Crippen molar-refractivity contribution in [1.29, 1.82) is 0 Å². The van der Waals surface area contributed by atoms with Crippen LogP contribution in [0.5, 0.6) is 0 Å². The number of hydrogen-bond acceptors (Lipinski definition) is 3. The van der Waals surface area contributed by atoms with E-state index < -0.39 is 0 Å². The summed E-state index contributed by atoms with van der Waals surface area (Å²) in [6.45, 7) is 7.64. The van der Waals surface area contributed by atoms with E-state index in [0.29, 0.717) is 25.7 Å². The van der Waals surface area contributed by atoms with Gasteiger partial charge in [-0.05, 0) is 24.7 Å². The van der Waals surface area contributed by atoms with E-state index in [1.807, 2.05) is 0 Å². The van der Waals surface area contributed by atoms with Gasteiger partial charge in [0, 0.05) is 19.0 Å². The Kier molecular flexibility index (Phi) is 7.52. The molecule has 1 amide bonds. The second kappa shape index (κ2) is 8.63. The van der Waals surface area contributed by atoms with Crippen LogP contribution in [0, 0.1) is 5.41 Å². The van der Waals surface area contributed by atoms with Gasteiger partial charge in [0.25, 0.3) is 0 Å². The Labute approximate surface area is 123 Å². The maximum Gasteiger partial charge on any atom is 0.221 e. The normalized spacial score (nSPS) is 18.8. The molecule has 0 aliphatic heterocycles. The van der Waals surface area contributed by atoms with Crippen LogP contribution in [0.25, 0.3) is 0 Å². The van der Waals surface area contributed by atoms with Crippen molar-refractivity contribution < 1.29 is 9.53 Å². The molecule has 1 rings (SSSR count). The van der Waals surface area contributed by atoms with Crippen molar-refractivity contribution in [1.82, 2.24) is 5.32 Å². The molecule has 4 nitrogen and oxygen atoms in total. The molecular weight excluding hydrogens is 252 g/mol. The zero-order chi connectivity index (χ0) is 15.0. The van der Waals surface area contributed by atoms with Crippen molar-refractivity contribution in [2.24, 2.45) is 11.1 Å². The minimum atomic E-state index is -0.0609. The van der Waals surface area contributed by atoms with Crippen LogP contribution >= 0.6 is 0 Å². The first kappa shape index (κ1) is 17.4. The summed E-state index contributed by atoms with van der Waals surface area (Å²) in [5, 5.41) is 2.89. The molecule has 3 N–H and O–H groups in total. The Hall–Kier alpha value is -0.610. The van der Waals surface area contributed by atoms with Gasteiger partial charge in [-0.15, -0.1) is 0 Å². The van der Waals surface area contributed by atoms with Crippen LogP contribution < -0.4 is 11.1 Å². The van der Waals surface area contributed by atoms with Crippen LogP contribution in [-0.4, -0.2) is 31.2 Å². The summed E-state index contributed by atoms with van der Waals surface area (Å²) < 4.78 is 5.77. The second-order valence-corrected chi connectivity index (χ2v) is 7.21. The molecule has 0 aromatic heterocycles. The Bertz CT molecular complexity index is 281. The highest BCUT2D eigenvalue weighted by molar-refractivity contribution is 5.76. The van der Waals surface area contributed by atoms with E-state index in [-0.39, 0.29) is 17.4 Å². The van der Waals surface area contributed by atoms with Gasteiger partial charge in [0.15, 0.2) is 0 Å². The fraction of sp³-hybridized carbons (Fsp3) is 0.938. The van der Waals surface area contributed by atoms with Gasteiger partial charge in [0.05, 0.1) is 12.7 Å². The molecule has 0 bridgehead atoms. The first-order chi connectivity index (χ1) is 9.37. The quantitative estimate of drug-likeness (QED) is 0.706. The Balaban J connectivity index is 2.04. The Morgan fingerprint density at radius 2 is 1.95 bits per heavy atom. The largest absolute Gasteiger partial charge is 0.376 e. The monoisotopic (exact) mass is 284 g/mol. The van der Waals surface area contributed by atoms with Gasteiger partial charge in [-0.2, -0.15) is 0 Å². The van der Waals surface area contributed by atoms with E-state index in [4.69, 9.17) is 10.5 Å². The lowest BCUT2D eigenvalue weighted by atomic mass is 9.87. The summed E-state index contributed by atoms with van der Waals surface area (Å²) in [4.78, 5) is 11.7. The van der Waals surface area contributed by atoms with Crippen molar-refractivity contribution in [3.63, 3.8) is 0 Å². The topological polar surface area (TPSA) is 64.4 Å². The first-order valence-electron chi connectivity index (χ1n) is 8.01. The van der Waals surface area contributed by atoms with Crippen LogP contribution in [-0.2, 0) is 9.53 Å². The van der Waals surface area contributed by atoms with Gasteiger partial charge >= 0.3 is 0 Å². The van der Waals surface area contributed by atoms with Crippen LogP contribution in [0.15, 0.2) is 0 Å². The zero-order valence-electron chi connectivity index (χ0n) is 13.4. The average Bonchev–Trinajstić information content (AvgIpc) is 2.33. The summed E-state index contributed by atoms with van der Waals surface area (Å²) in [6.07, 6.45) is 7.90. The van der Waals surface area contributed by atoms with Crippen LogP contribution in [0.1, 0.15) is 65.7 Å². The third-order valence-corrected chi connectivity index (χ3v) is 3.65. The highest BCUT2D eigenvalue weighted by Crippen LogP contribution is 2.21. The molecule has 1 atom stereocenters. The Morgan fingerprint density at radius 1 is 1.30 bits per heavy atom. The maximum absolute atomic E-state index is 11.7. The van der Waals surface area contributed by atoms with Crippen molar-refractivity contribution >= 4 is 5.91 Å². The molecule has 1 aliphatic rings. The van der Waals surface area contributed by atoms with Gasteiger partial charge in [-0.25, -0.2) is 0 Å². The van der Waals surface area contributed by atoms with Crippen LogP contribution in [0.2, 0.25) is 0 Å². The van der Waals surface area contributed by atoms with E-state index in [0.717, 1.165) is 6.42 Å². The van der Waals surface area contributed by atoms with E-state index in [2.05, 4.69) is 26.1 Å². The standard InChI is InChI=1S/C16H32N2O2/c1-16(2,3)12-13(17)11-15(19)18-9-10-20-14-7-5-4-6-8-14/h13-14H,4-12,17H2,1-3H3,(H,18,19). The van der Waals surface area contributed by atoms with E-state index in [1.165, 1.54) is 32.1 Å². The summed E-state index contributed by atoms with van der Waals surface area (Å²) >= 11 is 0. The number of ether oxygens (including phenoxy) is 1. The SMILES string of the molecule is CC(C)(C)CC(N)CC(=O)NCCOC1CCCCC1. The number of carbonyl (C=O) groups excluding carboxylic acids is 1. The van der Waals surface area contributed by atoms with Gasteiger partial charge < -0.3 is 15.8 Å². The van der Waals surface area contributed by atoms with Gasteiger partial charge in [-0.3, -0.25) is 4.79 Å². The molecule has 118 valence electrons. The number of nitrogens with two attached hydrogens (primary N) is 1. The van der Waals surface area contributed by atoms with Crippen LogP contribution in [0.4, 0.5) is 0 Å². The van der Waals surface area contributed by atoms with E-state index in [1.54, 1.807) is 0 Å². The third-order valence-electron chi connectivity index (χ3n) is 3.65. The molecular formula is C16H32N2O2. The number of hydrogen-bond donors (Lipinski definition) is 2. The molecule has 0 aromatic carbocycles. The summed E-state index contributed by atoms with van der Waals surface area (Å²) in [6, 6.07) is -0.0609. The Morgan fingerprint density at radius 3 is 2.55 bits per heavy atom. The predicted molar refractivity (Wildman–Crippen MR) is 82.5 cm³/mol. The summed E-state index contributed by atoms with van der Waals surface area (Å²) in [5.41, 5.74) is 6.16. The predicted octanol–water partition coefficient (Wildman–Crippen LogP) is 2.61. The molecule has 0 aromatic rings. The molecule has 1 unspecified atom stereocenters. The lowest BCUT2D eigenvalue weighted by Gasteiger charge is -2.23. The van der Waals surface area contributed by atoms with Crippen molar-refractivity contribution in [2.45, 2.75) is 77.9 Å². The van der Waals surface area contributed by atoms with E-state index >= 15 is 0 Å². The second-order valence-electron chi connectivity index (χ2n) is 7.21. The molecule has 1 fully saturated rings. The fourth-order valence-electron chi connectivity index (χ4n) is 2.82. The molecule has 0 radical (unpaired) electrons. The van der Waals surface area contributed by atoms with Crippen LogP contribution in [0.3, 0.4) is 0 Å². The van der Waals surface area contributed by atoms with Gasteiger partial charge in [0.2, 0.25) is 5.91 Å². The van der Waals surface area contributed by atoms with Crippen molar-refractivity contribution in [3.05, 3.63) is 0 Å². The third kappa shape index (κ3) is 8.54. The van der Waals surface area contributed by atoms with Crippen molar-refractivity contribution in [3.8, 4) is 0 Å². The number of nitrogens with one attached hydrogen (secondary N) is 1. The molecule has 1 aliphatic carbocycles. The highest BCUT2D eigenvalue weighted by atomic mass is 16.5. The molecule has 0 heterocycles. The van der Waals surface area contributed by atoms with Gasteiger partial charge in [0.1, 0.15) is 0 Å². The molecule has 0 spiro atoms. The smallest absolute Gasteiger partial charge is 0.221 e.